The summed E-state index contributed by atoms with van der Waals surface area (Å²) in [5, 5.41) is 8.57. The second-order valence-electron chi connectivity index (χ2n) is 6.35. The molecule has 0 radical (unpaired) electrons. The van der Waals surface area contributed by atoms with Gasteiger partial charge in [-0.1, -0.05) is 44.5 Å². The van der Waals surface area contributed by atoms with Crippen LogP contribution in [-0.4, -0.2) is 23.3 Å². The van der Waals surface area contributed by atoms with Gasteiger partial charge in [0.25, 0.3) is 0 Å². The molecule has 128 valence electrons. The van der Waals surface area contributed by atoms with Crippen LogP contribution in [0.2, 0.25) is 5.02 Å². The van der Waals surface area contributed by atoms with Gasteiger partial charge in [-0.25, -0.2) is 4.98 Å². The minimum Gasteiger partial charge on any atom is -0.355 e. The minimum atomic E-state index is -0.459. The molecule has 2 rings (SSSR count). The number of aromatic nitrogens is 1. The molecular formula is C17H20ClN3O2S. The van der Waals surface area contributed by atoms with Crippen LogP contribution in [0, 0.1) is 5.41 Å². The maximum absolute atomic E-state index is 11.9. The van der Waals surface area contributed by atoms with Gasteiger partial charge in [0.1, 0.15) is 0 Å². The topological polar surface area (TPSA) is 71.1 Å². The SMILES string of the molecule is CC(C)(C)C(=O)NCCC(=O)Nc1nc(-c2ccc(Cl)cc2)cs1. The lowest BCUT2D eigenvalue weighted by Gasteiger charge is -2.17. The van der Waals surface area contributed by atoms with Crippen LogP contribution in [0.25, 0.3) is 11.3 Å². The monoisotopic (exact) mass is 365 g/mol. The van der Waals surface area contributed by atoms with E-state index in [1.165, 1.54) is 11.3 Å². The zero-order valence-corrected chi connectivity index (χ0v) is 15.4. The first kappa shape index (κ1) is 18.4. The number of halogens is 1. The number of carbonyl (C=O) groups is 2. The second-order valence-corrected chi connectivity index (χ2v) is 7.64. The van der Waals surface area contributed by atoms with Crippen molar-refractivity contribution in [2.24, 2.45) is 5.41 Å². The lowest BCUT2D eigenvalue weighted by atomic mass is 9.96. The van der Waals surface area contributed by atoms with Crippen LogP contribution in [0.15, 0.2) is 29.6 Å². The largest absolute Gasteiger partial charge is 0.355 e. The number of carbonyl (C=O) groups excluding carboxylic acids is 2. The summed E-state index contributed by atoms with van der Waals surface area (Å²) in [5.74, 6) is -0.254. The predicted octanol–water partition coefficient (Wildman–Crippen LogP) is 3.95. The van der Waals surface area contributed by atoms with E-state index in [-0.39, 0.29) is 18.2 Å². The molecule has 0 bridgehead atoms. The summed E-state index contributed by atoms with van der Waals surface area (Å²) < 4.78 is 0. The van der Waals surface area contributed by atoms with Gasteiger partial charge in [-0.15, -0.1) is 11.3 Å². The Labute approximate surface area is 150 Å². The molecule has 0 aliphatic rings. The van der Waals surface area contributed by atoms with Crippen molar-refractivity contribution < 1.29 is 9.59 Å². The zero-order chi connectivity index (χ0) is 17.7. The first-order valence-corrected chi connectivity index (χ1v) is 8.81. The molecule has 0 aliphatic carbocycles. The first-order valence-electron chi connectivity index (χ1n) is 7.55. The maximum atomic E-state index is 11.9. The van der Waals surface area contributed by atoms with Crippen molar-refractivity contribution in [1.29, 1.82) is 0 Å². The summed E-state index contributed by atoms with van der Waals surface area (Å²) in [7, 11) is 0. The molecule has 0 spiro atoms. The number of amides is 2. The van der Waals surface area contributed by atoms with Crippen molar-refractivity contribution in [3.63, 3.8) is 0 Å². The van der Waals surface area contributed by atoms with Crippen molar-refractivity contribution in [3.05, 3.63) is 34.7 Å². The highest BCUT2D eigenvalue weighted by Gasteiger charge is 2.20. The van der Waals surface area contributed by atoms with E-state index >= 15 is 0 Å². The molecule has 2 amide bonds. The number of benzene rings is 1. The second kappa shape index (κ2) is 7.77. The summed E-state index contributed by atoms with van der Waals surface area (Å²) in [6, 6.07) is 7.36. The molecule has 24 heavy (non-hydrogen) atoms. The van der Waals surface area contributed by atoms with Gasteiger partial charge in [-0.3, -0.25) is 9.59 Å². The highest BCUT2D eigenvalue weighted by atomic mass is 35.5. The maximum Gasteiger partial charge on any atom is 0.227 e. The van der Waals surface area contributed by atoms with Crippen molar-refractivity contribution >= 4 is 39.9 Å². The summed E-state index contributed by atoms with van der Waals surface area (Å²) in [5.41, 5.74) is 1.26. The number of hydrogen-bond acceptors (Lipinski definition) is 4. The fourth-order valence-corrected chi connectivity index (χ4v) is 2.68. The van der Waals surface area contributed by atoms with E-state index in [0.29, 0.717) is 16.7 Å². The Morgan fingerprint density at radius 3 is 2.50 bits per heavy atom. The van der Waals surface area contributed by atoms with Crippen LogP contribution in [0.3, 0.4) is 0 Å². The third kappa shape index (κ3) is 5.32. The number of nitrogens with zero attached hydrogens (tertiary/aromatic N) is 1. The average Bonchev–Trinajstić information content (AvgIpc) is 2.95. The van der Waals surface area contributed by atoms with Crippen LogP contribution < -0.4 is 10.6 Å². The van der Waals surface area contributed by atoms with E-state index in [2.05, 4.69) is 15.6 Å². The Bertz CT molecular complexity index is 720. The Hall–Kier alpha value is -1.92. The van der Waals surface area contributed by atoms with Gasteiger partial charge >= 0.3 is 0 Å². The third-order valence-electron chi connectivity index (χ3n) is 3.21. The summed E-state index contributed by atoms with van der Waals surface area (Å²) in [6.07, 6.45) is 0.206. The van der Waals surface area contributed by atoms with Crippen LogP contribution >= 0.6 is 22.9 Å². The van der Waals surface area contributed by atoms with Crippen LogP contribution in [0.1, 0.15) is 27.2 Å². The third-order valence-corrected chi connectivity index (χ3v) is 4.22. The Morgan fingerprint density at radius 2 is 1.88 bits per heavy atom. The van der Waals surface area contributed by atoms with Crippen LogP contribution in [0.5, 0.6) is 0 Å². The van der Waals surface area contributed by atoms with Gasteiger partial charge < -0.3 is 10.6 Å². The molecule has 5 nitrogen and oxygen atoms in total. The van der Waals surface area contributed by atoms with Gasteiger partial charge in [0.2, 0.25) is 11.8 Å². The number of hydrogen-bond donors (Lipinski definition) is 2. The number of nitrogens with one attached hydrogen (secondary N) is 2. The Kier molecular flexibility index (Phi) is 5.96. The van der Waals surface area contributed by atoms with E-state index in [1.807, 2.05) is 38.3 Å². The van der Waals surface area contributed by atoms with Crippen molar-refractivity contribution in [2.75, 3.05) is 11.9 Å². The fourth-order valence-electron chi connectivity index (χ4n) is 1.82. The molecule has 0 unspecified atom stereocenters. The lowest BCUT2D eigenvalue weighted by Crippen LogP contribution is -2.36. The summed E-state index contributed by atoms with van der Waals surface area (Å²) in [6.45, 7) is 5.79. The molecule has 2 N–H and O–H groups in total. The Balaban J connectivity index is 1.85. The fraction of sp³-hybridized carbons (Fsp3) is 0.353. The number of rotatable bonds is 5. The number of thiazole rings is 1. The molecule has 7 heteroatoms. The van der Waals surface area contributed by atoms with Crippen molar-refractivity contribution in [1.82, 2.24) is 10.3 Å². The molecule has 2 aromatic rings. The van der Waals surface area contributed by atoms with E-state index < -0.39 is 5.41 Å². The standard InChI is InChI=1S/C17H20ClN3O2S/c1-17(2,3)15(23)19-9-8-14(22)21-16-20-13(10-24-16)11-4-6-12(18)7-5-11/h4-7,10H,8-9H2,1-3H3,(H,19,23)(H,20,21,22). The van der Waals surface area contributed by atoms with E-state index in [1.54, 1.807) is 12.1 Å². The molecule has 0 fully saturated rings. The highest BCUT2D eigenvalue weighted by Crippen LogP contribution is 2.26. The van der Waals surface area contributed by atoms with Crippen molar-refractivity contribution in [2.45, 2.75) is 27.2 Å². The molecule has 0 saturated heterocycles. The van der Waals surface area contributed by atoms with Gasteiger partial charge in [-0.05, 0) is 12.1 Å². The molecular weight excluding hydrogens is 346 g/mol. The van der Waals surface area contributed by atoms with Gasteiger partial charge in [0.05, 0.1) is 5.69 Å². The predicted molar refractivity (Wildman–Crippen MR) is 98.3 cm³/mol. The number of anilines is 1. The minimum absolute atomic E-state index is 0.0745. The van der Waals surface area contributed by atoms with E-state index in [4.69, 9.17) is 11.6 Å². The van der Waals surface area contributed by atoms with E-state index in [9.17, 15) is 9.59 Å². The Morgan fingerprint density at radius 1 is 1.21 bits per heavy atom. The molecule has 0 aliphatic heterocycles. The highest BCUT2D eigenvalue weighted by molar-refractivity contribution is 7.14. The van der Waals surface area contributed by atoms with Gasteiger partial charge in [0, 0.05) is 34.3 Å². The van der Waals surface area contributed by atoms with E-state index in [0.717, 1.165) is 11.3 Å². The lowest BCUT2D eigenvalue weighted by molar-refractivity contribution is -0.128. The van der Waals surface area contributed by atoms with Crippen LogP contribution in [0.4, 0.5) is 5.13 Å². The molecule has 0 saturated carbocycles. The molecule has 1 aromatic heterocycles. The molecule has 0 atom stereocenters. The molecule has 1 aromatic carbocycles. The van der Waals surface area contributed by atoms with Crippen LogP contribution in [-0.2, 0) is 9.59 Å². The molecule has 1 heterocycles. The van der Waals surface area contributed by atoms with Crippen molar-refractivity contribution in [3.8, 4) is 11.3 Å². The summed E-state index contributed by atoms with van der Waals surface area (Å²) in [4.78, 5) is 28.0. The quantitative estimate of drug-likeness (QED) is 0.842. The summed E-state index contributed by atoms with van der Waals surface area (Å²) >= 11 is 7.22. The van der Waals surface area contributed by atoms with Gasteiger partial charge in [-0.2, -0.15) is 0 Å². The first-order chi connectivity index (χ1) is 11.3. The zero-order valence-electron chi connectivity index (χ0n) is 13.9. The van der Waals surface area contributed by atoms with Gasteiger partial charge in [0.15, 0.2) is 5.13 Å². The normalized spacial score (nSPS) is 11.2. The smallest absolute Gasteiger partial charge is 0.227 e. The average molecular weight is 366 g/mol.